The molecule has 0 bridgehead atoms. The van der Waals surface area contributed by atoms with Crippen molar-refractivity contribution in [3.05, 3.63) is 29.8 Å². The van der Waals surface area contributed by atoms with E-state index in [0.29, 0.717) is 13.0 Å². The summed E-state index contributed by atoms with van der Waals surface area (Å²) in [7, 11) is 1.63. The minimum absolute atomic E-state index is 0.0409. The van der Waals surface area contributed by atoms with Crippen LogP contribution >= 0.6 is 0 Å². The molecule has 0 radical (unpaired) electrons. The Morgan fingerprint density at radius 2 is 1.91 bits per heavy atom. The number of benzene rings is 1. The molecule has 0 aromatic heterocycles. The molecule has 0 heterocycles. The van der Waals surface area contributed by atoms with Crippen molar-refractivity contribution in [3.63, 3.8) is 0 Å². The maximum Gasteiger partial charge on any atom is 0.315 e. The number of methoxy groups -OCH3 is 1. The van der Waals surface area contributed by atoms with Crippen molar-refractivity contribution in [1.82, 2.24) is 10.6 Å². The van der Waals surface area contributed by atoms with Gasteiger partial charge in [0.2, 0.25) is 0 Å². The third-order valence-electron chi connectivity index (χ3n) is 3.81. The maximum absolute atomic E-state index is 12.1. The lowest BCUT2D eigenvalue weighted by molar-refractivity contribution is 0.128. The molecule has 3 N–H and O–H groups in total. The fourth-order valence-corrected chi connectivity index (χ4v) is 2.66. The summed E-state index contributed by atoms with van der Waals surface area (Å²) < 4.78 is 5.15. The fourth-order valence-electron chi connectivity index (χ4n) is 2.66. The van der Waals surface area contributed by atoms with Crippen LogP contribution in [0.15, 0.2) is 24.3 Å². The number of aliphatic hydroxyl groups excluding tert-OH is 1. The summed E-state index contributed by atoms with van der Waals surface area (Å²) in [5, 5.41) is 15.4. The number of nitrogens with one attached hydrogen (secondary N) is 2. The molecule has 1 aromatic rings. The number of carbonyl (C=O) groups is 1. The monoisotopic (exact) mass is 322 g/mol. The highest BCUT2D eigenvalue weighted by Crippen LogP contribution is 2.22. The van der Waals surface area contributed by atoms with Crippen molar-refractivity contribution in [1.29, 1.82) is 0 Å². The summed E-state index contributed by atoms with van der Waals surface area (Å²) >= 11 is 0. The van der Waals surface area contributed by atoms with Crippen LogP contribution in [0, 0.1) is 5.41 Å². The van der Waals surface area contributed by atoms with E-state index in [0.717, 1.165) is 17.7 Å². The minimum atomic E-state index is -0.377. The molecule has 1 rings (SSSR count). The Balaban J connectivity index is 2.56. The highest BCUT2D eigenvalue weighted by Gasteiger charge is 2.21. The van der Waals surface area contributed by atoms with Gasteiger partial charge in [-0.1, -0.05) is 32.9 Å². The standard InChI is InChI=1S/C18H30N2O3/c1-6-16(14-7-9-15(23-5)10-8-14)20-17(22)19-12-18(3,4)11-13(2)21/h7-10,13,16,21H,6,11-12H2,1-5H3,(H2,19,20,22). The average Bonchev–Trinajstić information content (AvgIpc) is 2.49. The topological polar surface area (TPSA) is 70.6 Å². The van der Waals surface area contributed by atoms with Crippen molar-refractivity contribution in [2.75, 3.05) is 13.7 Å². The zero-order valence-electron chi connectivity index (χ0n) is 14.8. The molecule has 130 valence electrons. The lowest BCUT2D eigenvalue weighted by atomic mass is 9.87. The van der Waals surface area contributed by atoms with Gasteiger partial charge < -0.3 is 20.5 Å². The Labute approximate surface area is 139 Å². The van der Waals surface area contributed by atoms with Gasteiger partial charge in [-0.3, -0.25) is 0 Å². The Morgan fingerprint density at radius 1 is 1.30 bits per heavy atom. The zero-order valence-corrected chi connectivity index (χ0v) is 14.8. The largest absolute Gasteiger partial charge is 0.497 e. The summed E-state index contributed by atoms with van der Waals surface area (Å²) in [6.07, 6.45) is 1.07. The molecule has 5 heteroatoms. The second-order valence-electron chi connectivity index (χ2n) is 6.78. The third-order valence-corrected chi connectivity index (χ3v) is 3.81. The fraction of sp³-hybridized carbons (Fsp3) is 0.611. The molecule has 0 aliphatic rings. The van der Waals surface area contributed by atoms with Crippen molar-refractivity contribution < 1.29 is 14.6 Å². The zero-order chi connectivity index (χ0) is 17.5. The quantitative estimate of drug-likeness (QED) is 0.688. The number of carbonyl (C=O) groups excluding carboxylic acids is 1. The second-order valence-corrected chi connectivity index (χ2v) is 6.78. The first-order chi connectivity index (χ1) is 10.8. The van der Waals surface area contributed by atoms with Crippen LogP contribution in [0.5, 0.6) is 5.75 Å². The normalized spacial score (nSPS) is 14.0. The summed E-state index contributed by atoms with van der Waals surface area (Å²) in [4.78, 5) is 12.1. The molecule has 0 saturated carbocycles. The van der Waals surface area contributed by atoms with Crippen molar-refractivity contribution in [2.45, 2.75) is 52.7 Å². The van der Waals surface area contributed by atoms with Crippen LogP contribution < -0.4 is 15.4 Å². The van der Waals surface area contributed by atoms with E-state index in [1.54, 1.807) is 14.0 Å². The van der Waals surface area contributed by atoms with Crippen LogP contribution in [0.3, 0.4) is 0 Å². The minimum Gasteiger partial charge on any atom is -0.497 e. The number of hydrogen-bond donors (Lipinski definition) is 3. The molecule has 0 aliphatic carbocycles. The molecule has 2 atom stereocenters. The van der Waals surface area contributed by atoms with E-state index >= 15 is 0 Å². The molecule has 23 heavy (non-hydrogen) atoms. The molecule has 0 fully saturated rings. The number of rotatable bonds is 8. The number of amides is 2. The molecule has 0 saturated heterocycles. The van der Waals surface area contributed by atoms with Crippen molar-refractivity contribution in [3.8, 4) is 5.75 Å². The van der Waals surface area contributed by atoms with E-state index in [-0.39, 0.29) is 23.6 Å². The smallest absolute Gasteiger partial charge is 0.315 e. The van der Waals surface area contributed by atoms with E-state index in [9.17, 15) is 9.90 Å². The highest BCUT2D eigenvalue weighted by atomic mass is 16.5. The highest BCUT2D eigenvalue weighted by molar-refractivity contribution is 5.74. The van der Waals surface area contributed by atoms with Gasteiger partial charge in [-0.15, -0.1) is 0 Å². The molecule has 2 amide bonds. The van der Waals surface area contributed by atoms with Gasteiger partial charge in [0.25, 0.3) is 0 Å². The number of ether oxygens (including phenoxy) is 1. The lowest BCUT2D eigenvalue weighted by Gasteiger charge is -2.27. The van der Waals surface area contributed by atoms with Gasteiger partial charge in [0.1, 0.15) is 5.75 Å². The van der Waals surface area contributed by atoms with E-state index in [2.05, 4.69) is 10.6 Å². The molecule has 1 aromatic carbocycles. The van der Waals surface area contributed by atoms with E-state index < -0.39 is 0 Å². The summed E-state index contributed by atoms with van der Waals surface area (Å²) in [5.74, 6) is 0.799. The first kappa shape index (κ1) is 19.3. The first-order valence-electron chi connectivity index (χ1n) is 8.14. The summed E-state index contributed by atoms with van der Waals surface area (Å²) in [6.45, 7) is 8.37. The van der Waals surface area contributed by atoms with Crippen LogP contribution in [0.4, 0.5) is 4.79 Å². The predicted molar refractivity (Wildman–Crippen MR) is 92.6 cm³/mol. The molecule has 0 spiro atoms. The Hall–Kier alpha value is -1.75. The predicted octanol–water partition coefficient (Wildman–Crippen LogP) is 3.24. The van der Waals surface area contributed by atoms with Gasteiger partial charge in [-0.25, -0.2) is 4.79 Å². The maximum atomic E-state index is 12.1. The van der Waals surface area contributed by atoms with E-state index in [1.165, 1.54) is 0 Å². The third kappa shape index (κ3) is 6.91. The van der Waals surface area contributed by atoms with E-state index in [1.807, 2.05) is 45.0 Å². The molecule has 2 unspecified atom stereocenters. The van der Waals surface area contributed by atoms with Gasteiger partial charge >= 0.3 is 6.03 Å². The van der Waals surface area contributed by atoms with Gasteiger partial charge in [-0.05, 0) is 42.9 Å². The first-order valence-corrected chi connectivity index (χ1v) is 8.14. The van der Waals surface area contributed by atoms with Gasteiger partial charge in [0, 0.05) is 6.54 Å². The van der Waals surface area contributed by atoms with Crippen LogP contribution in [0.2, 0.25) is 0 Å². The van der Waals surface area contributed by atoms with Crippen molar-refractivity contribution in [2.24, 2.45) is 5.41 Å². The van der Waals surface area contributed by atoms with Crippen molar-refractivity contribution >= 4 is 6.03 Å². The summed E-state index contributed by atoms with van der Waals surface area (Å²) in [5.41, 5.74) is 0.902. The van der Waals surface area contributed by atoms with Crippen LogP contribution in [-0.2, 0) is 0 Å². The van der Waals surface area contributed by atoms with Crippen LogP contribution in [-0.4, -0.2) is 30.9 Å². The molecule has 5 nitrogen and oxygen atoms in total. The number of hydrogen-bond acceptors (Lipinski definition) is 3. The van der Waals surface area contributed by atoms with Gasteiger partial charge in [0.15, 0.2) is 0 Å². The molecular weight excluding hydrogens is 292 g/mol. The average molecular weight is 322 g/mol. The van der Waals surface area contributed by atoms with Gasteiger partial charge in [0.05, 0.1) is 19.3 Å². The van der Waals surface area contributed by atoms with Crippen LogP contribution in [0.25, 0.3) is 0 Å². The second kappa shape index (κ2) is 8.77. The van der Waals surface area contributed by atoms with Crippen LogP contribution in [0.1, 0.15) is 52.1 Å². The molecule has 0 aliphatic heterocycles. The Morgan fingerprint density at radius 3 is 2.39 bits per heavy atom. The lowest BCUT2D eigenvalue weighted by Crippen LogP contribution is -2.42. The number of aliphatic hydroxyl groups is 1. The van der Waals surface area contributed by atoms with Gasteiger partial charge in [-0.2, -0.15) is 0 Å². The van der Waals surface area contributed by atoms with E-state index in [4.69, 9.17) is 4.74 Å². The number of urea groups is 1. The SMILES string of the molecule is CCC(NC(=O)NCC(C)(C)CC(C)O)c1ccc(OC)cc1. The molecular formula is C18H30N2O3. The summed E-state index contributed by atoms with van der Waals surface area (Å²) in [6, 6.07) is 7.48. The Kier molecular flexibility index (Phi) is 7.36. The Bertz CT molecular complexity index is 484.